The summed E-state index contributed by atoms with van der Waals surface area (Å²) in [6.45, 7) is 2.69. The molecule has 0 radical (unpaired) electrons. The number of halogens is 2. The van der Waals surface area contributed by atoms with Crippen LogP contribution in [0, 0.1) is 0 Å². The number of hydrogen-bond donors (Lipinski definition) is 2. The van der Waals surface area contributed by atoms with E-state index in [9.17, 15) is 0 Å². The van der Waals surface area contributed by atoms with Gasteiger partial charge in [-0.05, 0) is 25.8 Å². The van der Waals surface area contributed by atoms with Gasteiger partial charge in [0, 0.05) is 17.6 Å². The average molecular weight is 290 g/mol. The van der Waals surface area contributed by atoms with Gasteiger partial charge in [-0.15, -0.1) is 0 Å². The number of hydrogen-bond acceptors (Lipinski definition) is 3. The number of nitrogens with one attached hydrogen (secondary N) is 1. The first-order valence-corrected chi connectivity index (χ1v) is 6.86. The van der Waals surface area contributed by atoms with Crippen LogP contribution in [0.15, 0.2) is 12.1 Å². The normalized spacial score (nSPS) is 20.8. The van der Waals surface area contributed by atoms with Gasteiger partial charge in [0.05, 0.1) is 18.2 Å². The molecule has 2 N–H and O–H groups in total. The SMILES string of the molecule is C[C@H](CO)NC1CCCOc2c1ccc(Cl)c2Cl. The largest absolute Gasteiger partial charge is 0.492 e. The molecule has 1 unspecified atom stereocenters. The van der Waals surface area contributed by atoms with E-state index in [1.165, 1.54) is 0 Å². The maximum Gasteiger partial charge on any atom is 0.144 e. The van der Waals surface area contributed by atoms with Crippen LogP contribution in [0.4, 0.5) is 0 Å². The van der Waals surface area contributed by atoms with E-state index in [1.54, 1.807) is 6.07 Å². The molecule has 1 aliphatic rings. The average Bonchev–Trinajstić information content (AvgIpc) is 2.57. The third-order valence-corrected chi connectivity index (χ3v) is 3.89. The fourth-order valence-electron chi connectivity index (χ4n) is 2.15. The smallest absolute Gasteiger partial charge is 0.144 e. The molecule has 1 heterocycles. The summed E-state index contributed by atoms with van der Waals surface area (Å²) in [4.78, 5) is 0. The van der Waals surface area contributed by atoms with Gasteiger partial charge in [0.2, 0.25) is 0 Å². The van der Waals surface area contributed by atoms with Crippen LogP contribution in [0.1, 0.15) is 31.4 Å². The van der Waals surface area contributed by atoms with Crippen LogP contribution in [-0.2, 0) is 0 Å². The van der Waals surface area contributed by atoms with E-state index in [1.807, 2.05) is 13.0 Å². The van der Waals surface area contributed by atoms with Crippen molar-refractivity contribution in [2.75, 3.05) is 13.2 Å². The van der Waals surface area contributed by atoms with Crippen molar-refractivity contribution in [3.8, 4) is 5.75 Å². The maximum atomic E-state index is 9.14. The van der Waals surface area contributed by atoms with Gasteiger partial charge in [-0.2, -0.15) is 0 Å². The van der Waals surface area contributed by atoms with E-state index in [4.69, 9.17) is 33.0 Å². The molecule has 3 nitrogen and oxygen atoms in total. The van der Waals surface area contributed by atoms with Gasteiger partial charge >= 0.3 is 0 Å². The maximum absolute atomic E-state index is 9.14. The Balaban J connectivity index is 2.33. The van der Waals surface area contributed by atoms with E-state index < -0.39 is 0 Å². The molecule has 2 rings (SSSR count). The van der Waals surface area contributed by atoms with Crippen molar-refractivity contribution in [2.24, 2.45) is 0 Å². The van der Waals surface area contributed by atoms with Crippen LogP contribution in [0.3, 0.4) is 0 Å². The molecule has 5 heteroatoms. The molecule has 1 aliphatic heterocycles. The molecule has 100 valence electrons. The van der Waals surface area contributed by atoms with Gasteiger partial charge in [0.25, 0.3) is 0 Å². The molecule has 1 aromatic rings. The minimum Gasteiger partial charge on any atom is -0.492 e. The molecular weight excluding hydrogens is 273 g/mol. The molecule has 0 spiro atoms. The molecule has 0 aromatic heterocycles. The quantitative estimate of drug-likeness (QED) is 0.898. The number of rotatable bonds is 3. The minimum atomic E-state index is 0.0374. The predicted molar refractivity (Wildman–Crippen MR) is 73.6 cm³/mol. The highest BCUT2D eigenvalue weighted by molar-refractivity contribution is 6.43. The first kappa shape index (κ1) is 13.9. The second-order valence-electron chi connectivity index (χ2n) is 4.57. The Labute approximate surface area is 117 Å². The Kier molecular flexibility index (Phi) is 4.73. The Morgan fingerprint density at radius 2 is 2.28 bits per heavy atom. The second-order valence-corrected chi connectivity index (χ2v) is 5.36. The molecule has 1 aromatic carbocycles. The zero-order chi connectivity index (χ0) is 13.1. The van der Waals surface area contributed by atoms with Gasteiger partial charge in [0.15, 0.2) is 0 Å². The van der Waals surface area contributed by atoms with Crippen LogP contribution in [0.5, 0.6) is 5.75 Å². The summed E-state index contributed by atoms with van der Waals surface area (Å²) in [7, 11) is 0. The third-order valence-electron chi connectivity index (χ3n) is 3.10. The molecule has 18 heavy (non-hydrogen) atoms. The number of aliphatic hydroxyl groups excluding tert-OH is 1. The summed E-state index contributed by atoms with van der Waals surface area (Å²) < 4.78 is 5.69. The topological polar surface area (TPSA) is 41.5 Å². The van der Waals surface area contributed by atoms with Crippen LogP contribution < -0.4 is 10.1 Å². The first-order valence-electron chi connectivity index (χ1n) is 6.11. The van der Waals surface area contributed by atoms with Crippen molar-refractivity contribution >= 4 is 23.2 Å². The predicted octanol–water partition coefficient (Wildman–Crippen LogP) is 3.18. The highest BCUT2D eigenvalue weighted by atomic mass is 35.5. The van der Waals surface area contributed by atoms with Crippen molar-refractivity contribution in [3.05, 3.63) is 27.7 Å². The number of ether oxygens (including phenoxy) is 1. The van der Waals surface area contributed by atoms with Gasteiger partial charge in [-0.1, -0.05) is 29.3 Å². The highest BCUT2D eigenvalue weighted by Crippen LogP contribution is 2.40. The molecule has 0 fully saturated rings. The van der Waals surface area contributed by atoms with E-state index in [-0.39, 0.29) is 18.7 Å². The summed E-state index contributed by atoms with van der Waals surface area (Å²) in [5.41, 5.74) is 1.02. The van der Waals surface area contributed by atoms with Crippen molar-refractivity contribution < 1.29 is 9.84 Å². The van der Waals surface area contributed by atoms with E-state index in [2.05, 4.69) is 5.32 Å². The summed E-state index contributed by atoms with van der Waals surface area (Å²) in [6.07, 6.45) is 1.90. The lowest BCUT2D eigenvalue weighted by Gasteiger charge is -2.22. The molecule has 0 saturated carbocycles. The first-order chi connectivity index (χ1) is 8.63. The Morgan fingerprint density at radius 3 is 3.00 bits per heavy atom. The van der Waals surface area contributed by atoms with Gasteiger partial charge in [-0.3, -0.25) is 0 Å². The lowest BCUT2D eigenvalue weighted by Crippen LogP contribution is -2.33. The van der Waals surface area contributed by atoms with Crippen molar-refractivity contribution in [1.82, 2.24) is 5.32 Å². The molecule has 0 bridgehead atoms. The van der Waals surface area contributed by atoms with Gasteiger partial charge in [0.1, 0.15) is 10.8 Å². The zero-order valence-electron chi connectivity index (χ0n) is 10.2. The molecular formula is C13H17Cl2NO2. The Bertz CT molecular complexity index is 426. The van der Waals surface area contributed by atoms with E-state index >= 15 is 0 Å². The van der Waals surface area contributed by atoms with E-state index in [0.29, 0.717) is 22.4 Å². The number of benzene rings is 1. The molecule has 0 saturated heterocycles. The van der Waals surface area contributed by atoms with Crippen molar-refractivity contribution in [3.63, 3.8) is 0 Å². The summed E-state index contributed by atoms with van der Waals surface area (Å²) >= 11 is 12.2. The lowest BCUT2D eigenvalue weighted by atomic mass is 10.0. The minimum absolute atomic E-state index is 0.0374. The number of aliphatic hydroxyl groups is 1. The molecule has 2 atom stereocenters. The van der Waals surface area contributed by atoms with Crippen molar-refractivity contribution in [1.29, 1.82) is 0 Å². The molecule has 0 aliphatic carbocycles. The lowest BCUT2D eigenvalue weighted by molar-refractivity contribution is 0.238. The van der Waals surface area contributed by atoms with Gasteiger partial charge in [-0.25, -0.2) is 0 Å². The highest BCUT2D eigenvalue weighted by Gasteiger charge is 2.23. The fourth-order valence-corrected chi connectivity index (χ4v) is 2.53. The Morgan fingerprint density at radius 1 is 1.50 bits per heavy atom. The summed E-state index contributed by atoms with van der Waals surface area (Å²) in [6, 6.07) is 3.90. The third kappa shape index (κ3) is 2.91. The summed E-state index contributed by atoms with van der Waals surface area (Å²) in [5.74, 6) is 0.671. The monoisotopic (exact) mass is 289 g/mol. The number of fused-ring (bicyclic) bond motifs is 1. The van der Waals surface area contributed by atoms with E-state index in [0.717, 1.165) is 18.4 Å². The second kappa shape index (κ2) is 6.11. The van der Waals surface area contributed by atoms with Crippen molar-refractivity contribution in [2.45, 2.75) is 31.8 Å². The standard InChI is InChI=1S/C13H17Cl2NO2/c1-8(7-17)16-11-3-2-6-18-13-9(11)4-5-10(14)12(13)15/h4-5,8,11,16-17H,2-3,6-7H2,1H3/t8-,11?/m1/s1. The van der Waals surface area contributed by atoms with Crippen LogP contribution >= 0.6 is 23.2 Å². The molecule has 0 amide bonds. The zero-order valence-corrected chi connectivity index (χ0v) is 11.8. The van der Waals surface area contributed by atoms with Gasteiger partial charge < -0.3 is 15.2 Å². The van der Waals surface area contributed by atoms with Crippen LogP contribution in [0.25, 0.3) is 0 Å². The Hall–Kier alpha value is -0.480. The summed E-state index contributed by atoms with van der Waals surface area (Å²) in [5, 5.41) is 13.5. The fraction of sp³-hybridized carbons (Fsp3) is 0.538. The van der Waals surface area contributed by atoms with Crippen LogP contribution in [0.2, 0.25) is 10.0 Å². The van der Waals surface area contributed by atoms with Crippen LogP contribution in [-0.4, -0.2) is 24.4 Å².